The summed E-state index contributed by atoms with van der Waals surface area (Å²) in [6.45, 7) is 0. The molecule has 0 aliphatic heterocycles. The van der Waals surface area contributed by atoms with Crippen molar-refractivity contribution in [3.05, 3.63) is 39.9 Å². The zero-order valence-corrected chi connectivity index (χ0v) is 12.0. The highest BCUT2D eigenvalue weighted by Crippen LogP contribution is 2.24. The van der Waals surface area contributed by atoms with Gasteiger partial charge in [-0.2, -0.15) is 0 Å². The Hall–Kier alpha value is -2.44. The number of nitro groups is 1. The topological polar surface area (TPSA) is 110 Å². The van der Waals surface area contributed by atoms with E-state index in [-0.39, 0.29) is 11.3 Å². The second-order valence-electron chi connectivity index (χ2n) is 5.47. The number of carboxylic acid groups (broad SMARTS) is 1. The molecule has 1 aromatic carbocycles. The first-order chi connectivity index (χ1) is 10.5. The predicted octanol–water partition coefficient (Wildman–Crippen LogP) is 2.36. The van der Waals surface area contributed by atoms with Gasteiger partial charge in [0.15, 0.2) is 0 Å². The van der Waals surface area contributed by atoms with Crippen molar-refractivity contribution in [3.63, 3.8) is 0 Å². The number of hydrogen-bond acceptors (Lipinski definition) is 4. The van der Waals surface area contributed by atoms with Gasteiger partial charge < -0.3 is 10.4 Å². The number of aliphatic carboxylic acids is 1. The van der Waals surface area contributed by atoms with E-state index in [1.807, 2.05) is 0 Å². The highest BCUT2D eigenvalue weighted by atomic mass is 16.6. The van der Waals surface area contributed by atoms with Crippen LogP contribution in [0.4, 0.5) is 5.69 Å². The van der Waals surface area contributed by atoms with Crippen molar-refractivity contribution in [2.24, 2.45) is 5.92 Å². The Morgan fingerprint density at radius 2 is 1.95 bits per heavy atom. The normalized spacial score (nSPS) is 21.6. The number of nitrogens with one attached hydrogen (secondary N) is 1. The van der Waals surface area contributed by atoms with Crippen LogP contribution >= 0.6 is 0 Å². The molecule has 2 rings (SSSR count). The van der Waals surface area contributed by atoms with Gasteiger partial charge in [0, 0.05) is 23.7 Å². The number of hydrogen-bond donors (Lipinski definition) is 2. The van der Waals surface area contributed by atoms with E-state index in [4.69, 9.17) is 0 Å². The van der Waals surface area contributed by atoms with Crippen molar-refractivity contribution in [1.82, 2.24) is 5.32 Å². The van der Waals surface area contributed by atoms with Crippen molar-refractivity contribution < 1.29 is 19.6 Å². The summed E-state index contributed by atoms with van der Waals surface area (Å²) >= 11 is 0. The van der Waals surface area contributed by atoms with Gasteiger partial charge in [0.05, 0.1) is 10.8 Å². The number of nitro benzene ring substituents is 1. The van der Waals surface area contributed by atoms with Crippen LogP contribution < -0.4 is 5.32 Å². The molecule has 0 saturated heterocycles. The number of benzene rings is 1. The van der Waals surface area contributed by atoms with E-state index in [1.165, 1.54) is 24.3 Å². The van der Waals surface area contributed by atoms with Crippen molar-refractivity contribution >= 4 is 17.6 Å². The Morgan fingerprint density at radius 3 is 2.64 bits per heavy atom. The maximum absolute atomic E-state index is 12.2. The Kier molecular flexibility index (Phi) is 5.08. The molecule has 0 heterocycles. The first-order valence-corrected chi connectivity index (χ1v) is 7.27. The number of carbonyl (C=O) groups is 2. The standard InChI is InChI=1S/C15H18N2O5/c18-14(10-5-4-6-11(9-10)17(21)22)16-13-8-3-1-2-7-12(13)15(19)20/h4-6,9,12-13H,1-3,7-8H2,(H,16,18)(H,19,20)/t12-,13+/m1/s1. The first kappa shape index (κ1) is 15.9. The van der Waals surface area contributed by atoms with Crippen molar-refractivity contribution in [2.75, 3.05) is 0 Å². The number of carbonyl (C=O) groups excluding carboxylic acids is 1. The van der Waals surface area contributed by atoms with Crippen molar-refractivity contribution in [1.29, 1.82) is 0 Å². The molecule has 1 amide bonds. The summed E-state index contributed by atoms with van der Waals surface area (Å²) in [5.41, 5.74) is 0.00545. The molecule has 0 spiro atoms. The van der Waals surface area contributed by atoms with Crippen LogP contribution in [-0.2, 0) is 4.79 Å². The molecule has 7 nitrogen and oxygen atoms in total. The summed E-state index contributed by atoms with van der Waals surface area (Å²) in [5.74, 6) is -1.99. The number of amides is 1. The van der Waals surface area contributed by atoms with Gasteiger partial charge >= 0.3 is 5.97 Å². The molecule has 1 fully saturated rings. The Labute approximate surface area is 127 Å². The molecule has 1 aliphatic carbocycles. The monoisotopic (exact) mass is 306 g/mol. The van der Waals surface area contributed by atoms with E-state index < -0.39 is 28.8 Å². The van der Waals surface area contributed by atoms with Gasteiger partial charge in [0.2, 0.25) is 0 Å². The molecule has 0 bridgehead atoms. The van der Waals surface area contributed by atoms with Crippen LogP contribution in [0.2, 0.25) is 0 Å². The second kappa shape index (κ2) is 7.02. The number of non-ortho nitro benzene ring substituents is 1. The third-order valence-corrected chi connectivity index (χ3v) is 3.97. The maximum Gasteiger partial charge on any atom is 0.308 e. The first-order valence-electron chi connectivity index (χ1n) is 7.27. The molecule has 7 heteroatoms. The second-order valence-corrected chi connectivity index (χ2v) is 5.47. The van der Waals surface area contributed by atoms with E-state index in [1.54, 1.807) is 0 Å². The van der Waals surface area contributed by atoms with E-state index >= 15 is 0 Å². The average Bonchev–Trinajstić information content (AvgIpc) is 2.72. The molecule has 1 aromatic rings. The summed E-state index contributed by atoms with van der Waals surface area (Å²) in [5, 5.41) is 22.8. The summed E-state index contributed by atoms with van der Waals surface area (Å²) in [6, 6.07) is 4.99. The van der Waals surface area contributed by atoms with Crippen LogP contribution in [0, 0.1) is 16.0 Å². The highest BCUT2D eigenvalue weighted by Gasteiger charge is 2.30. The molecule has 118 valence electrons. The summed E-state index contributed by atoms with van der Waals surface area (Å²) in [4.78, 5) is 33.8. The fourth-order valence-electron chi connectivity index (χ4n) is 2.79. The molecular weight excluding hydrogens is 288 g/mol. The van der Waals surface area contributed by atoms with Crippen molar-refractivity contribution in [2.45, 2.75) is 38.1 Å². The number of rotatable bonds is 4. The van der Waals surface area contributed by atoms with Crippen LogP contribution in [0.1, 0.15) is 42.5 Å². The molecule has 1 aliphatic rings. The zero-order chi connectivity index (χ0) is 16.1. The van der Waals surface area contributed by atoms with E-state index in [2.05, 4.69) is 5.32 Å². The minimum Gasteiger partial charge on any atom is -0.481 e. The number of nitrogens with zero attached hydrogens (tertiary/aromatic N) is 1. The van der Waals surface area contributed by atoms with Gasteiger partial charge in [-0.25, -0.2) is 0 Å². The lowest BCUT2D eigenvalue weighted by atomic mass is 9.94. The van der Waals surface area contributed by atoms with Gasteiger partial charge in [-0.1, -0.05) is 25.3 Å². The predicted molar refractivity (Wildman–Crippen MR) is 78.6 cm³/mol. The summed E-state index contributed by atoms with van der Waals surface area (Å²) in [6.07, 6.45) is 3.80. The van der Waals surface area contributed by atoms with E-state index in [9.17, 15) is 24.8 Å². The highest BCUT2D eigenvalue weighted by molar-refractivity contribution is 5.95. The van der Waals surface area contributed by atoms with E-state index in [0.29, 0.717) is 12.8 Å². The van der Waals surface area contributed by atoms with Gasteiger partial charge in [0.25, 0.3) is 11.6 Å². The van der Waals surface area contributed by atoms with E-state index in [0.717, 1.165) is 19.3 Å². The SMILES string of the molecule is O=C(N[C@H]1CCCCC[C@H]1C(=O)O)c1cccc([N+](=O)[O-])c1. The molecule has 2 N–H and O–H groups in total. The molecule has 0 unspecified atom stereocenters. The minimum atomic E-state index is -0.911. The van der Waals surface area contributed by atoms with Gasteiger partial charge in [-0.3, -0.25) is 19.7 Å². The minimum absolute atomic E-state index is 0.164. The zero-order valence-electron chi connectivity index (χ0n) is 12.0. The summed E-state index contributed by atoms with van der Waals surface area (Å²) in [7, 11) is 0. The van der Waals surface area contributed by atoms with Gasteiger partial charge in [-0.05, 0) is 18.9 Å². The van der Waals surface area contributed by atoms with Gasteiger partial charge in [-0.15, -0.1) is 0 Å². The van der Waals surface area contributed by atoms with Crippen LogP contribution in [0.5, 0.6) is 0 Å². The number of carboxylic acids is 1. The molecule has 2 atom stereocenters. The average molecular weight is 306 g/mol. The molecule has 1 saturated carbocycles. The Bertz CT molecular complexity index is 587. The fourth-order valence-corrected chi connectivity index (χ4v) is 2.79. The van der Waals surface area contributed by atoms with Crippen LogP contribution in [0.25, 0.3) is 0 Å². The lowest BCUT2D eigenvalue weighted by molar-refractivity contribution is -0.384. The third kappa shape index (κ3) is 3.81. The summed E-state index contributed by atoms with van der Waals surface area (Å²) < 4.78 is 0. The molecule has 22 heavy (non-hydrogen) atoms. The molecular formula is C15H18N2O5. The van der Waals surface area contributed by atoms with Crippen LogP contribution in [0.15, 0.2) is 24.3 Å². The quantitative estimate of drug-likeness (QED) is 0.504. The fraction of sp³-hybridized carbons (Fsp3) is 0.467. The Morgan fingerprint density at radius 1 is 1.23 bits per heavy atom. The van der Waals surface area contributed by atoms with Crippen LogP contribution in [-0.4, -0.2) is 27.9 Å². The molecule has 0 radical (unpaired) electrons. The third-order valence-electron chi connectivity index (χ3n) is 3.97. The van der Waals surface area contributed by atoms with Gasteiger partial charge in [0.1, 0.15) is 0 Å². The lowest BCUT2D eigenvalue weighted by Gasteiger charge is -2.22. The molecule has 0 aromatic heterocycles. The maximum atomic E-state index is 12.2. The van der Waals surface area contributed by atoms with Crippen molar-refractivity contribution in [3.8, 4) is 0 Å². The van der Waals surface area contributed by atoms with Crippen LogP contribution in [0.3, 0.4) is 0 Å². The smallest absolute Gasteiger partial charge is 0.308 e. The lowest BCUT2D eigenvalue weighted by Crippen LogP contribution is -2.42. The largest absolute Gasteiger partial charge is 0.481 e. The Balaban J connectivity index is 2.13.